The Morgan fingerprint density at radius 1 is 1.83 bits per heavy atom. The topological polar surface area (TPSA) is 55.1 Å². The lowest BCUT2D eigenvalue weighted by atomic mass is 10.3. The number of anilines is 1. The Balaban J connectivity index is 2.58. The first kappa shape index (κ1) is 9.25. The molecule has 0 spiro atoms. The molecule has 1 aromatic rings. The minimum absolute atomic E-state index is 0.145. The highest BCUT2D eigenvalue weighted by Gasteiger charge is 2.04. The molecule has 1 N–H and O–H groups in total. The summed E-state index contributed by atoms with van der Waals surface area (Å²) in [4.78, 5) is 10.8. The Morgan fingerprint density at radius 2 is 2.58 bits per heavy atom. The number of aryl methyl sites for hydroxylation is 1. The maximum absolute atomic E-state index is 10.8. The largest absolute Gasteiger partial charge is 0.338 e. The fraction of sp³-hybridized carbons (Fsp3) is 0.429. The van der Waals surface area contributed by atoms with Gasteiger partial charge in [0.15, 0.2) is 0 Å². The zero-order valence-electron chi connectivity index (χ0n) is 6.63. The number of carbonyl (C=O) groups is 1. The number of hydrogen-bond donors (Lipinski definition) is 1. The van der Waals surface area contributed by atoms with Gasteiger partial charge in [-0.05, 0) is 6.42 Å². The van der Waals surface area contributed by atoms with Crippen molar-refractivity contribution in [2.75, 3.05) is 10.6 Å². The number of halogens is 1. The van der Waals surface area contributed by atoms with Gasteiger partial charge in [0.25, 0.3) is 0 Å². The number of hydrogen-bond acceptors (Lipinski definition) is 3. The van der Waals surface area contributed by atoms with Crippen molar-refractivity contribution < 1.29 is 9.32 Å². The molecule has 0 aromatic carbocycles. The second kappa shape index (κ2) is 4.25. The SMILES string of the molecule is CCc1cc(NC(=O)CBr)on1. The number of nitrogens with zero attached hydrogens (tertiary/aromatic N) is 1. The van der Waals surface area contributed by atoms with E-state index < -0.39 is 0 Å². The highest BCUT2D eigenvalue weighted by Crippen LogP contribution is 2.09. The quantitative estimate of drug-likeness (QED) is 0.806. The van der Waals surface area contributed by atoms with Gasteiger partial charge >= 0.3 is 0 Å². The smallest absolute Gasteiger partial charge is 0.237 e. The first-order valence-corrected chi connectivity index (χ1v) is 4.69. The summed E-state index contributed by atoms with van der Waals surface area (Å²) in [5.41, 5.74) is 0.833. The van der Waals surface area contributed by atoms with E-state index >= 15 is 0 Å². The summed E-state index contributed by atoms with van der Waals surface area (Å²) in [6, 6.07) is 1.71. The molecular weight excluding hydrogens is 224 g/mol. The van der Waals surface area contributed by atoms with Crippen LogP contribution < -0.4 is 5.32 Å². The molecule has 0 unspecified atom stereocenters. The monoisotopic (exact) mass is 232 g/mol. The van der Waals surface area contributed by atoms with Crippen LogP contribution in [-0.4, -0.2) is 16.4 Å². The van der Waals surface area contributed by atoms with Gasteiger partial charge in [0, 0.05) is 6.07 Å². The van der Waals surface area contributed by atoms with Crippen LogP contribution in [0.3, 0.4) is 0 Å². The zero-order valence-corrected chi connectivity index (χ0v) is 8.22. The third-order valence-electron chi connectivity index (χ3n) is 1.31. The Bertz CT molecular complexity index is 272. The standard InChI is InChI=1S/C7H9BrN2O2/c1-2-5-3-7(12-10-5)9-6(11)4-8/h3H,2,4H2,1H3,(H,9,11). The van der Waals surface area contributed by atoms with Crippen LogP contribution in [0.15, 0.2) is 10.6 Å². The van der Waals surface area contributed by atoms with E-state index in [-0.39, 0.29) is 11.2 Å². The van der Waals surface area contributed by atoms with Crippen LogP contribution in [0.4, 0.5) is 5.88 Å². The van der Waals surface area contributed by atoms with Gasteiger partial charge in [0.05, 0.1) is 11.0 Å². The lowest BCUT2D eigenvalue weighted by Gasteiger charge is -1.93. The van der Waals surface area contributed by atoms with E-state index in [1.165, 1.54) is 0 Å². The van der Waals surface area contributed by atoms with Gasteiger partial charge in [-0.3, -0.25) is 10.1 Å². The minimum Gasteiger partial charge on any atom is -0.338 e. The molecule has 4 nitrogen and oxygen atoms in total. The van der Waals surface area contributed by atoms with Gasteiger partial charge in [-0.25, -0.2) is 0 Å². The third kappa shape index (κ3) is 2.34. The summed E-state index contributed by atoms with van der Waals surface area (Å²) in [6.07, 6.45) is 0.799. The molecule has 0 bridgehead atoms. The highest BCUT2D eigenvalue weighted by molar-refractivity contribution is 9.09. The summed E-state index contributed by atoms with van der Waals surface area (Å²) in [6.45, 7) is 1.97. The van der Waals surface area contributed by atoms with Crippen LogP contribution in [0, 0.1) is 0 Å². The molecule has 0 saturated heterocycles. The van der Waals surface area contributed by atoms with E-state index in [1.807, 2.05) is 6.92 Å². The van der Waals surface area contributed by atoms with Gasteiger partial charge in [-0.1, -0.05) is 28.0 Å². The Hall–Kier alpha value is -0.840. The predicted octanol–water partition coefficient (Wildman–Crippen LogP) is 1.57. The molecule has 0 aliphatic carbocycles. The van der Waals surface area contributed by atoms with Crippen molar-refractivity contribution in [1.29, 1.82) is 0 Å². The molecule has 0 fully saturated rings. The first-order chi connectivity index (χ1) is 5.76. The molecule has 1 amide bonds. The summed E-state index contributed by atoms with van der Waals surface area (Å²) < 4.78 is 4.83. The maximum atomic E-state index is 10.8. The van der Waals surface area contributed by atoms with Crippen molar-refractivity contribution in [2.45, 2.75) is 13.3 Å². The first-order valence-electron chi connectivity index (χ1n) is 3.57. The molecule has 0 saturated carbocycles. The summed E-state index contributed by atoms with van der Waals surface area (Å²) in [7, 11) is 0. The van der Waals surface area contributed by atoms with Crippen LogP contribution in [-0.2, 0) is 11.2 Å². The van der Waals surface area contributed by atoms with Crippen molar-refractivity contribution in [2.24, 2.45) is 0 Å². The van der Waals surface area contributed by atoms with Gasteiger partial charge in [0.1, 0.15) is 0 Å². The average molecular weight is 233 g/mol. The van der Waals surface area contributed by atoms with Crippen LogP contribution in [0.2, 0.25) is 0 Å². The van der Waals surface area contributed by atoms with E-state index in [9.17, 15) is 4.79 Å². The van der Waals surface area contributed by atoms with E-state index in [2.05, 4.69) is 26.4 Å². The number of rotatable bonds is 3. The molecule has 5 heteroatoms. The summed E-state index contributed by atoms with van der Waals surface area (Å²) >= 11 is 3.02. The lowest BCUT2D eigenvalue weighted by Crippen LogP contribution is -2.11. The fourth-order valence-electron chi connectivity index (χ4n) is 0.708. The normalized spacial score (nSPS) is 9.83. The molecule has 1 rings (SSSR count). The minimum atomic E-state index is -0.145. The van der Waals surface area contributed by atoms with Crippen LogP contribution in [0.5, 0.6) is 0 Å². The maximum Gasteiger partial charge on any atom is 0.237 e. The molecule has 0 atom stereocenters. The van der Waals surface area contributed by atoms with Crippen molar-refractivity contribution in [3.8, 4) is 0 Å². The average Bonchev–Trinajstić information content (AvgIpc) is 2.52. The van der Waals surface area contributed by atoms with E-state index in [1.54, 1.807) is 6.07 Å². The van der Waals surface area contributed by atoms with Crippen molar-refractivity contribution in [3.05, 3.63) is 11.8 Å². The second-order valence-corrected chi connectivity index (χ2v) is 2.78. The zero-order chi connectivity index (χ0) is 8.97. The number of aromatic nitrogens is 1. The van der Waals surface area contributed by atoms with Crippen molar-refractivity contribution in [1.82, 2.24) is 5.16 Å². The highest BCUT2D eigenvalue weighted by atomic mass is 79.9. The van der Waals surface area contributed by atoms with Crippen molar-refractivity contribution in [3.63, 3.8) is 0 Å². The van der Waals surface area contributed by atoms with E-state index in [0.717, 1.165) is 12.1 Å². The molecule has 0 aliphatic rings. The van der Waals surface area contributed by atoms with Gasteiger partial charge in [-0.2, -0.15) is 0 Å². The predicted molar refractivity (Wildman–Crippen MR) is 48.3 cm³/mol. The van der Waals surface area contributed by atoms with Gasteiger partial charge < -0.3 is 4.52 Å². The Morgan fingerprint density at radius 3 is 3.08 bits per heavy atom. The number of alkyl halides is 1. The van der Waals surface area contributed by atoms with Crippen LogP contribution in [0.25, 0.3) is 0 Å². The Labute approximate surface area is 78.4 Å². The molecule has 1 heterocycles. The van der Waals surface area contributed by atoms with Gasteiger partial charge in [-0.15, -0.1) is 0 Å². The number of carbonyl (C=O) groups excluding carboxylic acids is 1. The fourth-order valence-corrected chi connectivity index (χ4v) is 0.848. The molecular formula is C7H9BrN2O2. The second-order valence-electron chi connectivity index (χ2n) is 2.22. The van der Waals surface area contributed by atoms with Crippen LogP contribution >= 0.6 is 15.9 Å². The summed E-state index contributed by atoms with van der Waals surface area (Å²) in [5.74, 6) is 0.255. The van der Waals surface area contributed by atoms with Crippen molar-refractivity contribution >= 4 is 27.7 Å². The molecule has 0 aliphatic heterocycles. The molecule has 0 radical (unpaired) electrons. The van der Waals surface area contributed by atoms with Crippen LogP contribution in [0.1, 0.15) is 12.6 Å². The van der Waals surface area contributed by atoms with E-state index in [0.29, 0.717) is 5.88 Å². The molecule has 1 aromatic heterocycles. The molecule has 12 heavy (non-hydrogen) atoms. The van der Waals surface area contributed by atoms with E-state index in [4.69, 9.17) is 4.52 Å². The Kier molecular flexibility index (Phi) is 3.28. The number of nitrogens with one attached hydrogen (secondary N) is 1. The summed E-state index contributed by atoms with van der Waals surface area (Å²) in [5, 5.41) is 6.51. The molecule has 66 valence electrons. The van der Waals surface area contributed by atoms with Gasteiger partial charge in [0.2, 0.25) is 11.8 Å². The number of amides is 1. The third-order valence-corrected chi connectivity index (χ3v) is 1.81. The lowest BCUT2D eigenvalue weighted by molar-refractivity contribution is -0.113.